The van der Waals surface area contributed by atoms with Crippen molar-refractivity contribution < 1.29 is 0 Å². The fraction of sp³-hybridized carbons (Fsp3) is 0.769. The van der Waals surface area contributed by atoms with E-state index in [-0.39, 0.29) is 0 Å². The van der Waals surface area contributed by atoms with Gasteiger partial charge in [-0.05, 0) is 24.8 Å². The molecule has 0 heteroatoms. The van der Waals surface area contributed by atoms with E-state index in [0.29, 0.717) is 0 Å². The van der Waals surface area contributed by atoms with Gasteiger partial charge in [-0.25, -0.2) is 0 Å². The van der Waals surface area contributed by atoms with E-state index in [0.717, 1.165) is 12.3 Å². The van der Waals surface area contributed by atoms with Crippen molar-refractivity contribution in [3.63, 3.8) is 0 Å². The van der Waals surface area contributed by atoms with Gasteiger partial charge in [0.05, 0.1) is 0 Å². The van der Waals surface area contributed by atoms with Crippen LogP contribution in [0, 0.1) is 5.92 Å². The Balaban J connectivity index is 3.32. The van der Waals surface area contributed by atoms with Crippen molar-refractivity contribution in [2.75, 3.05) is 0 Å². The minimum absolute atomic E-state index is 0.970. The molecule has 1 atom stereocenters. The van der Waals surface area contributed by atoms with E-state index in [2.05, 4.69) is 26.2 Å². The third kappa shape index (κ3) is 7.87. The van der Waals surface area contributed by atoms with Crippen molar-refractivity contribution >= 4 is 0 Å². The Labute approximate surface area is 83.7 Å². The highest BCUT2D eigenvalue weighted by Gasteiger charge is 2.03. The number of unbranched alkanes of at least 4 members (excludes halogenated alkanes) is 2. The first-order chi connectivity index (χ1) is 6.35. The van der Waals surface area contributed by atoms with Crippen LogP contribution in [0.4, 0.5) is 0 Å². The van der Waals surface area contributed by atoms with Crippen molar-refractivity contribution in [1.29, 1.82) is 0 Å². The van der Waals surface area contributed by atoms with Gasteiger partial charge in [-0.3, -0.25) is 0 Å². The largest absolute Gasteiger partial charge is 0.133 e. The van der Waals surface area contributed by atoms with E-state index in [4.69, 9.17) is 0 Å². The van der Waals surface area contributed by atoms with Gasteiger partial charge < -0.3 is 0 Å². The van der Waals surface area contributed by atoms with Crippen LogP contribution in [0.5, 0.6) is 0 Å². The topological polar surface area (TPSA) is 0 Å². The van der Waals surface area contributed by atoms with Gasteiger partial charge in [0, 0.05) is 0 Å². The van der Waals surface area contributed by atoms with E-state index in [1.807, 2.05) is 6.08 Å². The molecule has 0 amide bonds. The van der Waals surface area contributed by atoms with Crippen molar-refractivity contribution in [3.8, 4) is 0 Å². The third-order valence-corrected chi connectivity index (χ3v) is 2.63. The lowest BCUT2D eigenvalue weighted by Gasteiger charge is -2.12. The van der Waals surface area contributed by atoms with Crippen LogP contribution in [0.1, 0.15) is 58.8 Å². The summed E-state index contributed by atoms with van der Waals surface area (Å²) in [4.78, 5) is 0. The van der Waals surface area contributed by atoms with Crippen LogP contribution in [-0.2, 0) is 0 Å². The molecule has 0 saturated heterocycles. The molecule has 0 bridgehead atoms. The maximum absolute atomic E-state index is 3.56. The van der Waals surface area contributed by atoms with E-state index in [1.165, 1.54) is 38.5 Å². The lowest BCUT2D eigenvalue weighted by atomic mass is 9.94. The Hall–Kier alpha value is -0.480. The van der Waals surface area contributed by atoms with Crippen LogP contribution in [0.25, 0.3) is 0 Å². The van der Waals surface area contributed by atoms with Gasteiger partial charge in [-0.15, -0.1) is 5.73 Å². The first kappa shape index (κ1) is 12.5. The minimum atomic E-state index is 0.970. The summed E-state index contributed by atoms with van der Waals surface area (Å²) in [5.41, 5.74) is 2.82. The van der Waals surface area contributed by atoms with Gasteiger partial charge in [0.15, 0.2) is 0 Å². The maximum atomic E-state index is 3.56. The second-order valence-corrected chi connectivity index (χ2v) is 3.76. The summed E-state index contributed by atoms with van der Waals surface area (Å²) in [7, 11) is 0. The lowest BCUT2D eigenvalue weighted by Crippen LogP contribution is -1.97. The summed E-state index contributed by atoms with van der Waals surface area (Å²) in [6.07, 6.45) is 11.4. The molecule has 0 aliphatic carbocycles. The van der Waals surface area contributed by atoms with Crippen LogP contribution < -0.4 is 0 Å². The highest BCUT2D eigenvalue weighted by atomic mass is 14.1. The van der Waals surface area contributed by atoms with Crippen molar-refractivity contribution in [2.45, 2.75) is 58.8 Å². The molecule has 0 rings (SSSR count). The van der Waals surface area contributed by atoms with Crippen LogP contribution in [0.15, 0.2) is 18.4 Å². The minimum Gasteiger partial charge on any atom is -0.133 e. The highest BCUT2D eigenvalue weighted by Crippen LogP contribution is 2.18. The van der Waals surface area contributed by atoms with Crippen molar-refractivity contribution in [1.82, 2.24) is 0 Å². The summed E-state index contributed by atoms with van der Waals surface area (Å²) in [6.45, 7) is 8.15. The Morgan fingerprint density at radius 3 is 2.54 bits per heavy atom. The number of hydrogen-bond acceptors (Lipinski definition) is 0. The van der Waals surface area contributed by atoms with Crippen LogP contribution in [0.2, 0.25) is 0 Å². The fourth-order valence-corrected chi connectivity index (χ4v) is 1.74. The quantitative estimate of drug-likeness (QED) is 0.375. The standard InChI is InChI=1S/C13H24/c1-4-7-8-9-10-12-13(6-3)11-5-2/h7,13H,1,5-6,8-12H2,2-3H3. The van der Waals surface area contributed by atoms with Crippen molar-refractivity contribution in [2.24, 2.45) is 5.92 Å². The van der Waals surface area contributed by atoms with E-state index < -0.39 is 0 Å². The molecule has 0 spiro atoms. The molecular weight excluding hydrogens is 156 g/mol. The van der Waals surface area contributed by atoms with E-state index in [1.54, 1.807) is 0 Å². The first-order valence-electron chi connectivity index (χ1n) is 5.69. The molecule has 0 saturated carbocycles. The van der Waals surface area contributed by atoms with Gasteiger partial charge in [0.25, 0.3) is 0 Å². The van der Waals surface area contributed by atoms with Crippen molar-refractivity contribution in [3.05, 3.63) is 18.4 Å². The molecule has 0 heterocycles. The average molecular weight is 180 g/mol. The molecule has 13 heavy (non-hydrogen) atoms. The second kappa shape index (κ2) is 9.61. The normalized spacial score (nSPS) is 12.2. The van der Waals surface area contributed by atoms with Crippen LogP contribution in [-0.4, -0.2) is 0 Å². The molecule has 0 radical (unpaired) electrons. The molecule has 0 aromatic heterocycles. The second-order valence-electron chi connectivity index (χ2n) is 3.76. The lowest BCUT2D eigenvalue weighted by molar-refractivity contribution is 0.414. The predicted octanol–water partition coefficient (Wildman–Crippen LogP) is 4.71. The molecule has 0 aliphatic rings. The highest BCUT2D eigenvalue weighted by molar-refractivity contribution is 4.75. The number of hydrogen-bond donors (Lipinski definition) is 0. The Bertz CT molecular complexity index is 140. The molecule has 0 fully saturated rings. The monoisotopic (exact) mass is 180 g/mol. The molecule has 0 N–H and O–H groups in total. The first-order valence-corrected chi connectivity index (χ1v) is 5.69. The zero-order valence-electron chi connectivity index (χ0n) is 9.31. The number of rotatable bonds is 8. The third-order valence-electron chi connectivity index (χ3n) is 2.63. The zero-order chi connectivity index (χ0) is 9.94. The predicted molar refractivity (Wildman–Crippen MR) is 60.9 cm³/mol. The van der Waals surface area contributed by atoms with E-state index in [9.17, 15) is 0 Å². The zero-order valence-corrected chi connectivity index (χ0v) is 9.31. The smallest absolute Gasteiger partial charge is 0.0275 e. The summed E-state index contributed by atoms with van der Waals surface area (Å²) >= 11 is 0. The van der Waals surface area contributed by atoms with Crippen LogP contribution >= 0.6 is 0 Å². The van der Waals surface area contributed by atoms with Gasteiger partial charge in [-0.1, -0.05) is 52.5 Å². The Morgan fingerprint density at radius 1 is 1.23 bits per heavy atom. The molecular formula is C13H24. The summed E-state index contributed by atoms with van der Waals surface area (Å²) in [6, 6.07) is 0. The Kier molecular flexibility index (Phi) is 9.25. The summed E-state index contributed by atoms with van der Waals surface area (Å²) < 4.78 is 0. The average Bonchev–Trinajstić information content (AvgIpc) is 2.16. The fourth-order valence-electron chi connectivity index (χ4n) is 1.74. The van der Waals surface area contributed by atoms with Gasteiger partial charge in [0.1, 0.15) is 0 Å². The van der Waals surface area contributed by atoms with Gasteiger partial charge in [0.2, 0.25) is 0 Å². The van der Waals surface area contributed by atoms with Gasteiger partial charge >= 0.3 is 0 Å². The summed E-state index contributed by atoms with van der Waals surface area (Å²) in [5.74, 6) is 0.970. The summed E-state index contributed by atoms with van der Waals surface area (Å²) in [5, 5.41) is 0. The van der Waals surface area contributed by atoms with Gasteiger partial charge in [-0.2, -0.15) is 0 Å². The SMILES string of the molecule is C=C=CCCCCC(CC)CCC. The molecule has 0 aliphatic heterocycles. The molecule has 1 unspecified atom stereocenters. The molecule has 76 valence electrons. The maximum Gasteiger partial charge on any atom is -0.0275 e. The van der Waals surface area contributed by atoms with Crippen LogP contribution in [0.3, 0.4) is 0 Å². The molecule has 0 nitrogen and oxygen atoms in total. The van der Waals surface area contributed by atoms with E-state index >= 15 is 0 Å². The molecule has 0 aromatic rings. The Morgan fingerprint density at radius 2 is 2.00 bits per heavy atom. The number of allylic oxidation sites excluding steroid dienone is 1. The molecule has 0 aromatic carbocycles.